The fourth-order valence-corrected chi connectivity index (χ4v) is 1.94. The summed E-state index contributed by atoms with van der Waals surface area (Å²) in [6.45, 7) is 5.34. The first-order valence-electron chi connectivity index (χ1n) is 7.43. The van der Waals surface area contributed by atoms with Gasteiger partial charge in [0.25, 0.3) is 0 Å². The Hall–Kier alpha value is -1.89. The van der Waals surface area contributed by atoms with Crippen LogP contribution < -0.4 is 16.0 Å². The number of halogens is 1. The first kappa shape index (κ1) is 19.2. The van der Waals surface area contributed by atoms with Gasteiger partial charge in [-0.2, -0.15) is 0 Å². The first-order chi connectivity index (χ1) is 10.8. The molecule has 0 fully saturated rings. The largest absolute Gasteiger partial charge is 0.347 e. The minimum absolute atomic E-state index is 0.131. The number of hydrogen-bond donors (Lipinski definition) is 3. The average Bonchev–Trinajstić information content (AvgIpc) is 2.53. The van der Waals surface area contributed by atoms with E-state index in [-0.39, 0.29) is 30.8 Å². The second kappa shape index (κ2) is 9.29. The summed E-state index contributed by atoms with van der Waals surface area (Å²) < 4.78 is 0.959. The molecule has 1 aromatic carbocycles. The van der Waals surface area contributed by atoms with Gasteiger partial charge < -0.3 is 16.0 Å². The standard InChI is InChI=1S/C16H22BrN3O3/c1-4-10(2)16(23)19-8-14(21)18-9-15(22)20-12-5-6-13(17)11(3)7-12/h5-7,10H,4,8-9H2,1-3H3,(H,18,21)(H,19,23)(H,20,22). The van der Waals surface area contributed by atoms with Crippen LogP contribution in [0.2, 0.25) is 0 Å². The first-order valence-corrected chi connectivity index (χ1v) is 8.23. The number of carbonyl (C=O) groups excluding carboxylic acids is 3. The summed E-state index contributed by atoms with van der Waals surface area (Å²) in [5.74, 6) is -1.03. The number of anilines is 1. The van der Waals surface area contributed by atoms with Gasteiger partial charge in [0.15, 0.2) is 0 Å². The molecule has 0 aliphatic rings. The van der Waals surface area contributed by atoms with Crippen molar-refractivity contribution in [3.63, 3.8) is 0 Å². The minimum atomic E-state index is -0.399. The Kier molecular flexibility index (Phi) is 7.74. The van der Waals surface area contributed by atoms with Gasteiger partial charge in [-0.15, -0.1) is 0 Å². The summed E-state index contributed by atoms with van der Waals surface area (Å²) in [5.41, 5.74) is 1.66. The Balaban J connectivity index is 2.33. The molecule has 7 heteroatoms. The van der Waals surface area contributed by atoms with Crippen molar-refractivity contribution in [2.45, 2.75) is 27.2 Å². The highest BCUT2D eigenvalue weighted by molar-refractivity contribution is 9.10. The molecule has 3 N–H and O–H groups in total. The molecule has 0 aliphatic heterocycles. The van der Waals surface area contributed by atoms with Crippen molar-refractivity contribution < 1.29 is 14.4 Å². The van der Waals surface area contributed by atoms with Gasteiger partial charge in [-0.3, -0.25) is 14.4 Å². The summed E-state index contributed by atoms with van der Waals surface area (Å²) in [4.78, 5) is 34.9. The summed E-state index contributed by atoms with van der Waals surface area (Å²) in [6.07, 6.45) is 0.711. The van der Waals surface area contributed by atoms with Crippen LogP contribution in [0.3, 0.4) is 0 Å². The van der Waals surface area contributed by atoms with Crippen LogP contribution in [-0.2, 0) is 14.4 Å². The quantitative estimate of drug-likeness (QED) is 0.672. The zero-order valence-electron chi connectivity index (χ0n) is 13.5. The van der Waals surface area contributed by atoms with E-state index in [2.05, 4.69) is 31.9 Å². The van der Waals surface area contributed by atoms with E-state index < -0.39 is 5.91 Å². The number of nitrogens with one attached hydrogen (secondary N) is 3. The van der Waals surface area contributed by atoms with E-state index in [1.165, 1.54) is 0 Å². The van der Waals surface area contributed by atoms with Crippen LogP contribution in [-0.4, -0.2) is 30.8 Å². The number of carbonyl (C=O) groups is 3. The van der Waals surface area contributed by atoms with Crippen molar-refractivity contribution in [3.05, 3.63) is 28.2 Å². The molecule has 1 aromatic rings. The van der Waals surface area contributed by atoms with Gasteiger partial charge in [-0.05, 0) is 37.1 Å². The van der Waals surface area contributed by atoms with E-state index in [1.807, 2.05) is 26.0 Å². The zero-order chi connectivity index (χ0) is 17.4. The maximum atomic E-state index is 11.8. The van der Waals surface area contributed by atoms with Crippen molar-refractivity contribution >= 4 is 39.3 Å². The van der Waals surface area contributed by atoms with Crippen LogP contribution in [0.1, 0.15) is 25.8 Å². The van der Waals surface area contributed by atoms with Crippen LogP contribution in [0.15, 0.2) is 22.7 Å². The van der Waals surface area contributed by atoms with Crippen molar-refractivity contribution in [1.82, 2.24) is 10.6 Å². The Morgan fingerprint density at radius 2 is 1.78 bits per heavy atom. The van der Waals surface area contributed by atoms with Gasteiger partial charge in [-0.25, -0.2) is 0 Å². The number of aryl methyl sites for hydroxylation is 1. The topological polar surface area (TPSA) is 87.3 Å². The predicted octanol–water partition coefficient (Wildman–Crippen LogP) is 1.97. The summed E-state index contributed by atoms with van der Waals surface area (Å²) >= 11 is 3.39. The van der Waals surface area contributed by atoms with Gasteiger partial charge in [0.05, 0.1) is 13.1 Å². The fourth-order valence-electron chi connectivity index (χ4n) is 1.70. The molecule has 126 valence electrons. The Morgan fingerprint density at radius 1 is 1.13 bits per heavy atom. The lowest BCUT2D eigenvalue weighted by atomic mass is 10.1. The molecule has 0 aromatic heterocycles. The highest BCUT2D eigenvalue weighted by Crippen LogP contribution is 2.19. The summed E-state index contributed by atoms with van der Waals surface area (Å²) in [5, 5.41) is 7.69. The van der Waals surface area contributed by atoms with Crippen molar-refractivity contribution in [3.8, 4) is 0 Å². The Morgan fingerprint density at radius 3 is 2.39 bits per heavy atom. The van der Waals surface area contributed by atoms with Gasteiger partial charge in [0.1, 0.15) is 0 Å². The molecule has 23 heavy (non-hydrogen) atoms. The molecular formula is C16H22BrN3O3. The van der Waals surface area contributed by atoms with Gasteiger partial charge >= 0.3 is 0 Å². The van der Waals surface area contributed by atoms with E-state index in [0.717, 1.165) is 10.0 Å². The van der Waals surface area contributed by atoms with E-state index >= 15 is 0 Å². The average molecular weight is 384 g/mol. The van der Waals surface area contributed by atoms with Crippen molar-refractivity contribution in [1.29, 1.82) is 0 Å². The number of amides is 3. The highest BCUT2D eigenvalue weighted by Gasteiger charge is 2.12. The van der Waals surface area contributed by atoms with Crippen molar-refractivity contribution in [2.24, 2.45) is 5.92 Å². The molecular weight excluding hydrogens is 362 g/mol. The lowest BCUT2D eigenvalue weighted by molar-refractivity contribution is -0.128. The number of hydrogen-bond acceptors (Lipinski definition) is 3. The lowest BCUT2D eigenvalue weighted by Gasteiger charge is -2.11. The predicted molar refractivity (Wildman–Crippen MR) is 93.0 cm³/mol. The van der Waals surface area contributed by atoms with E-state index in [0.29, 0.717) is 12.1 Å². The molecule has 0 heterocycles. The van der Waals surface area contributed by atoms with Crippen LogP contribution in [0.4, 0.5) is 5.69 Å². The van der Waals surface area contributed by atoms with Gasteiger partial charge in [0, 0.05) is 16.1 Å². The third-order valence-electron chi connectivity index (χ3n) is 3.37. The number of benzene rings is 1. The molecule has 0 spiro atoms. The fraction of sp³-hybridized carbons (Fsp3) is 0.438. The Bertz CT molecular complexity index is 590. The normalized spacial score (nSPS) is 11.5. The molecule has 6 nitrogen and oxygen atoms in total. The second-order valence-electron chi connectivity index (χ2n) is 5.32. The lowest BCUT2D eigenvalue weighted by Crippen LogP contribution is -2.41. The van der Waals surface area contributed by atoms with Crippen LogP contribution in [0.5, 0.6) is 0 Å². The van der Waals surface area contributed by atoms with Crippen LogP contribution in [0, 0.1) is 12.8 Å². The molecule has 0 saturated heterocycles. The third-order valence-corrected chi connectivity index (χ3v) is 4.26. The van der Waals surface area contributed by atoms with Gasteiger partial charge in [0.2, 0.25) is 17.7 Å². The smallest absolute Gasteiger partial charge is 0.243 e. The number of rotatable bonds is 7. The van der Waals surface area contributed by atoms with Gasteiger partial charge in [-0.1, -0.05) is 29.8 Å². The molecule has 0 bridgehead atoms. The molecule has 0 radical (unpaired) electrons. The summed E-state index contributed by atoms with van der Waals surface area (Å²) in [7, 11) is 0. The molecule has 0 saturated carbocycles. The van der Waals surface area contributed by atoms with E-state index in [9.17, 15) is 14.4 Å². The molecule has 0 aliphatic carbocycles. The molecule has 1 atom stereocenters. The molecule has 3 amide bonds. The second-order valence-corrected chi connectivity index (χ2v) is 6.17. The zero-order valence-corrected chi connectivity index (χ0v) is 15.1. The summed E-state index contributed by atoms with van der Waals surface area (Å²) in [6, 6.07) is 5.44. The highest BCUT2D eigenvalue weighted by atomic mass is 79.9. The van der Waals surface area contributed by atoms with Crippen LogP contribution in [0.25, 0.3) is 0 Å². The monoisotopic (exact) mass is 383 g/mol. The van der Waals surface area contributed by atoms with Crippen LogP contribution >= 0.6 is 15.9 Å². The Labute approximate surface area is 144 Å². The van der Waals surface area contributed by atoms with Crippen molar-refractivity contribution in [2.75, 3.05) is 18.4 Å². The van der Waals surface area contributed by atoms with E-state index in [4.69, 9.17) is 0 Å². The SMILES string of the molecule is CCC(C)C(=O)NCC(=O)NCC(=O)Nc1ccc(Br)c(C)c1. The molecule has 1 rings (SSSR count). The van der Waals surface area contributed by atoms with E-state index in [1.54, 1.807) is 13.0 Å². The third kappa shape index (κ3) is 6.81. The minimum Gasteiger partial charge on any atom is -0.347 e. The maximum Gasteiger partial charge on any atom is 0.243 e. The molecule has 1 unspecified atom stereocenters. The maximum absolute atomic E-state index is 11.8.